The fourth-order valence-corrected chi connectivity index (χ4v) is 6.50. The molecule has 0 aliphatic rings. The SMILES string of the molecule is CC(C)C[C@H](NC(=O)[C@H](CCCN=C(N)N)NC(=O)[C@H](Cc1cnc[nH]1)NC(=O)[C@H](Cc1cnc[nH]1)NC(=O)[C@@H](N)Cc1cnc[nH]1)C(=O)N[C@@H](CO)C(=O)N[C@@H](Cc1cnc[nH]1)C(=O)O. The third kappa shape index (κ3) is 16.8. The molecule has 27 nitrogen and oxygen atoms in total. The molecule has 7 atom stereocenters. The number of guanidine groups is 1. The number of rotatable bonds is 28. The van der Waals surface area contributed by atoms with Crippen molar-refractivity contribution >= 4 is 47.4 Å². The van der Waals surface area contributed by atoms with Gasteiger partial charge in [0, 0.05) is 79.8 Å². The average molecular weight is 923 g/mol. The number of amides is 6. The normalized spacial score (nSPS) is 14.3. The van der Waals surface area contributed by atoms with E-state index in [0.29, 0.717) is 22.8 Å². The summed E-state index contributed by atoms with van der Waals surface area (Å²) in [4.78, 5) is 126. The molecule has 18 N–H and O–H groups in total. The summed E-state index contributed by atoms with van der Waals surface area (Å²) in [7, 11) is 0. The van der Waals surface area contributed by atoms with Crippen LogP contribution in [-0.4, -0.2) is 153 Å². The lowest BCUT2D eigenvalue weighted by molar-refractivity contribution is -0.142. The van der Waals surface area contributed by atoms with Crippen LogP contribution in [0.3, 0.4) is 0 Å². The van der Waals surface area contributed by atoms with Gasteiger partial charge in [-0.3, -0.25) is 33.8 Å². The van der Waals surface area contributed by atoms with Crippen LogP contribution in [0, 0.1) is 5.92 Å². The second-order valence-corrected chi connectivity index (χ2v) is 15.7. The zero-order valence-electron chi connectivity index (χ0n) is 36.3. The molecule has 27 heteroatoms. The van der Waals surface area contributed by atoms with Crippen molar-refractivity contribution in [1.82, 2.24) is 71.8 Å². The Balaban J connectivity index is 1.54. The Morgan fingerprint density at radius 3 is 1.39 bits per heavy atom. The first-order valence-electron chi connectivity index (χ1n) is 20.9. The van der Waals surface area contributed by atoms with Crippen LogP contribution in [0.25, 0.3) is 0 Å². The highest BCUT2D eigenvalue weighted by Crippen LogP contribution is 2.10. The molecular formula is C39H58N18O9. The van der Waals surface area contributed by atoms with Crippen LogP contribution < -0.4 is 49.1 Å². The Morgan fingerprint density at radius 1 is 0.576 bits per heavy atom. The summed E-state index contributed by atoms with van der Waals surface area (Å²) < 4.78 is 0. The highest BCUT2D eigenvalue weighted by molar-refractivity contribution is 5.97. The molecule has 66 heavy (non-hydrogen) atoms. The molecule has 0 aromatic carbocycles. The lowest BCUT2D eigenvalue weighted by atomic mass is 10.0. The van der Waals surface area contributed by atoms with Gasteiger partial charge in [0.2, 0.25) is 35.4 Å². The second kappa shape index (κ2) is 25.6. The number of hydrogen-bond acceptors (Lipinski definition) is 14. The maximum absolute atomic E-state index is 14.3. The van der Waals surface area contributed by atoms with Crippen molar-refractivity contribution in [3.63, 3.8) is 0 Å². The van der Waals surface area contributed by atoms with Crippen LogP contribution in [0.15, 0.2) is 55.1 Å². The molecule has 0 fully saturated rings. The molecular weight excluding hydrogens is 865 g/mol. The number of carboxylic acids is 1. The highest BCUT2D eigenvalue weighted by atomic mass is 16.4. The quantitative estimate of drug-likeness (QED) is 0.0145. The van der Waals surface area contributed by atoms with E-state index in [2.05, 4.69) is 76.8 Å². The van der Waals surface area contributed by atoms with Crippen molar-refractivity contribution in [1.29, 1.82) is 0 Å². The molecule has 0 aliphatic heterocycles. The van der Waals surface area contributed by atoms with Crippen molar-refractivity contribution in [2.45, 2.75) is 101 Å². The number of aliphatic carboxylic acids is 1. The van der Waals surface area contributed by atoms with Crippen molar-refractivity contribution < 1.29 is 43.8 Å². The van der Waals surface area contributed by atoms with Crippen LogP contribution in [0.2, 0.25) is 0 Å². The van der Waals surface area contributed by atoms with Gasteiger partial charge in [-0.2, -0.15) is 0 Å². The minimum absolute atomic E-state index is 0.0249. The second-order valence-electron chi connectivity index (χ2n) is 15.7. The fourth-order valence-electron chi connectivity index (χ4n) is 6.50. The largest absolute Gasteiger partial charge is 0.480 e. The van der Waals surface area contributed by atoms with Crippen LogP contribution in [0.5, 0.6) is 0 Å². The number of aliphatic hydroxyl groups excluding tert-OH is 1. The van der Waals surface area contributed by atoms with E-state index >= 15 is 0 Å². The number of carbonyl (C=O) groups excluding carboxylic acids is 6. The summed E-state index contributed by atoms with van der Waals surface area (Å²) in [5.74, 6) is -6.85. The predicted octanol–water partition coefficient (Wildman–Crippen LogP) is -4.74. The maximum atomic E-state index is 14.3. The lowest BCUT2D eigenvalue weighted by Gasteiger charge is -2.28. The number of aromatic amines is 4. The van der Waals surface area contributed by atoms with E-state index in [1.807, 2.05) is 0 Å². The highest BCUT2D eigenvalue weighted by Gasteiger charge is 2.34. The third-order valence-electron chi connectivity index (χ3n) is 9.88. The van der Waals surface area contributed by atoms with E-state index in [4.69, 9.17) is 17.2 Å². The van der Waals surface area contributed by atoms with Crippen LogP contribution in [0.1, 0.15) is 55.9 Å². The Bertz CT molecular complexity index is 2180. The van der Waals surface area contributed by atoms with E-state index in [1.54, 1.807) is 13.8 Å². The number of nitrogens with one attached hydrogen (secondary N) is 10. The molecule has 0 saturated carbocycles. The van der Waals surface area contributed by atoms with Gasteiger partial charge in [-0.1, -0.05) is 13.8 Å². The number of imidazole rings is 4. The van der Waals surface area contributed by atoms with Gasteiger partial charge in [-0.05, 0) is 25.2 Å². The molecule has 4 heterocycles. The standard InChI is InChI=1S/C39H58N18O9/c1-20(2)6-27(34(61)57-31(15-58)37(64)56-30(38(65)66)10-24-14-46-19-51-24)54-33(60)26(4-3-5-47-39(41)42)52-35(62)29(9-23-13-45-18-50-23)55-36(63)28(8-22-12-44-17-49-22)53-32(59)25(40)7-21-11-43-16-48-21/h11-14,16-20,25-31,58H,3-10,15,40H2,1-2H3,(H,43,48)(H,44,49)(H,45,50)(H,46,51)(H,52,62)(H,53,59)(H,54,60)(H,55,63)(H,56,64)(H,57,61)(H,65,66)(H4,41,42,47)/t25-,26-,27-,28-,29-,30-,31-/m0/s1. The molecule has 4 aromatic heterocycles. The number of carbonyl (C=O) groups is 7. The first-order chi connectivity index (χ1) is 31.5. The molecule has 0 spiro atoms. The minimum Gasteiger partial charge on any atom is -0.480 e. The first-order valence-corrected chi connectivity index (χ1v) is 20.9. The van der Waals surface area contributed by atoms with Crippen LogP contribution in [-0.2, 0) is 59.2 Å². The topological polar surface area (TPSA) is 437 Å². The minimum atomic E-state index is -1.62. The van der Waals surface area contributed by atoms with Crippen molar-refractivity contribution in [3.05, 3.63) is 72.9 Å². The number of aromatic nitrogens is 8. The number of nitrogens with zero attached hydrogens (tertiary/aromatic N) is 5. The summed E-state index contributed by atoms with van der Waals surface area (Å²) >= 11 is 0. The number of nitrogens with two attached hydrogens (primary N) is 3. The van der Waals surface area contributed by atoms with E-state index in [9.17, 15) is 43.8 Å². The molecule has 0 bridgehead atoms. The molecule has 0 saturated heterocycles. The summed E-state index contributed by atoms with van der Waals surface area (Å²) in [5, 5.41) is 35.1. The Kier molecular flexibility index (Phi) is 19.7. The number of hydrogen-bond donors (Lipinski definition) is 15. The summed E-state index contributed by atoms with van der Waals surface area (Å²) in [6, 6.07) is -9.50. The first kappa shape index (κ1) is 51.0. The molecule has 0 aliphatic carbocycles. The lowest BCUT2D eigenvalue weighted by Crippen LogP contribution is -2.60. The Labute approximate surface area is 377 Å². The van der Waals surface area contributed by atoms with Gasteiger partial charge < -0.3 is 79.3 Å². The summed E-state index contributed by atoms with van der Waals surface area (Å²) in [6.45, 7) is 2.66. The molecule has 6 amide bonds. The average Bonchev–Trinajstić information content (AvgIpc) is 4.13. The van der Waals surface area contributed by atoms with Gasteiger partial charge in [0.05, 0.1) is 38.0 Å². The predicted molar refractivity (Wildman–Crippen MR) is 233 cm³/mol. The zero-order chi connectivity index (χ0) is 48.2. The number of H-pyrrole nitrogens is 4. The zero-order valence-corrected chi connectivity index (χ0v) is 36.3. The molecule has 0 radical (unpaired) electrons. The molecule has 0 unspecified atom stereocenters. The van der Waals surface area contributed by atoms with E-state index < -0.39 is 90.3 Å². The van der Waals surface area contributed by atoms with Crippen molar-refractivity contribution in [3.8, 4) is 0 Å². The van der Waals surface area contributed by atoms with Gasteiger partial charge in [0.1, 0.15) is 36.3 Å². The van der Waals surface area contributed by atoms with Crippen LogP contribution in [0.4, 0.5) is 0 Å². The van der Waals surface area contributed by atoms with Gasteiger partial charge in [0.25, 0.3) is 0 Å². The Morgan fingerprint density at radius 2 is 0.955 bits per heavy atom. The summed E-state index contributed by atoms with van der Waals surface area (Å²) in [5.41, 5.74) is 19.1. The van der Waals surface area contributed by atoms with Crippen molar-refractivity contribution in [2.24, 2.45) is 28.1 Å². The monoisotopic (exact) mass is 922 g/mol. The fraction of sp³-hybridized carbons (Fsp3) is 0.487. The van der Waals surface area contributed by atoms with Gasteiger partial charge in [-0.15, -0.1) is 0 Å². The van der Waals surface area contributed by atoms with E-state index in [-0.39, 0.29) is 63.4 Å². The van der Waals surface area contributed by atoms with E-state index in [1.165, 1.54) is 50.1 Å². The third-order valence-corrected chi connectivity index (χ3v) is 9.88. The molecule has 4 aromatic rings. The van der Waals surface area contributed by atoms with Crippen LogP contribution >= 0.6 is 0 Å². The number of aliphatic hydroxyl groups is 1. The maximum Gasteiger partial charge on any atom is 0.326 e. The smallest absolute Gasteiger partial charge is 0.326 e. The van der Waals surface area contributed by atoms with Gasteiger partial charge in [0.15, 0.2) is 5.96 Å². The number of aliphatic imine (C=N–C) groups is 1. The summed E-state index contributed by atoms with van der Waals surface area (Å²) in [6.07, 6.45) is 11.1. The van der Waals surface area contributed by atoms with E-state index in [0.717, 1.165) is 0 Å². The number of carboxylic acid groups (broad SMARTS) is 1. The Hall–Kier alpha value is -7.68. The van der Waals surface area contributed by atoms with Crippen molar-refractivity contribution in [2.75, 3.05) is 13.2 Å². The van der Waals surface area contributed by atoms with Gasteiger partial charge in [-0.25, -0.2) is 24.7 Å². The van der Waals surface area contributed by atoms with Gasteiger partial charge >= 0.3 is 5.97 Å². The molecule has 4 rings (SSSR count). The molecule has 358 valence electrons.